The number of hydrogen-bond acceptors (Lipinski definition) is 6. The Balaban J connectivity index is 1.47. The van der Waals surface area contributed by atoms with Gasteiger partial charge in [0.1, 0.15) is 18.0 Å². The zero-order valence-electron chi connectivity index (χ0n) is 17.5. The van der Waals surface area contributed by atoms with Gasteiger partial charge in [-0.05, 0) is 42.7 Å². The lowest BCUT2D eigenvalue weighted by Crippen LogP contribution is -2.32. The zero-order chi connectivity index (χ0) is 21.8. The van der Waals surface area contributed by atoms with Crippen molar-refractivity contribution in [3.8, 4) is 5.75 Å². The molecule has 9 heteroatoms. The lowest BCUT2D eigenvalue weighted by Gasteiger charge is -2.24. The minimum absolute atomic E-state index is 0.105. The average molecular weight is 446 g/mol. The van der Waals surface area contributed by atoms with Crippen molar-refractivity contribution in [3.63, 3.8) is 0 Å². The number of sulfonamides is 1. The molecule has 0 radical (unpaired) electrons. The molecule has 0 saturated carbocycles. The second kappa shape index (κ2) is 9.33. The number of pyridine rings is 1. The smallest absolute Gasteiger partial charge is 0.218 e. The third kappa shape index (κ3) is 4.89. The molecule has 2 aliphatic heterocycles. The number of carbonyl (C=O) groups excluding carboxylic acids is 1. The molecule has 0 spiro atoms. The fourth-order valence-corrected chi connectivity index (χ4v) is 6.09. The fourth-order valence-electron chi connectivity index (χ4n) is 4.32. The van der Waals surface area contributed by atoms with E-state index in [1.807, 2.05) is 18.2 Å². The number of rotatable bonds is 8. The first-order valence-electron chi connectivity index (χ1n) is 10.4. The molecule has 0 N–H and O–H groups in total. The van der Waals surface area contributed by atoms with Crippen LogP contribution in [0.4, 0.5) is 0 Å². The Morgan fingerprint density at radius 2 is 2.00 bits per heavy atom. The molecular weight excluding hydrogens is 418 g/mol. The first-order chi connectivity index (χ1) is 15.0. The number of carbonyl (C=O) groups is 1. The van der Waals surface area contributed by atoms with Crippen LogP contribution in [0.15, 0.2) is 48.7 Å². The number of methoxy groups -OCH3 is 1. The van der Waals surface area contributed by atoms with Gasteiger partial charge in [0.05, 0.1) is 30.6 Å². The van der Waals surface area contributed by atoms with E-state index < -0.39 is 10.0 Å². The lowest BCUT2D eigenvalue weighted by atomic mass is 10.1. The predicted molar refractivity (Wildman–Crippen MR) is 115 cm³/mol. The quantitative estimate of drug-likeness (QED) is 0.578. The molecule has 0 bridgehead atoms. The largest absolute Gasteiger partial charge is 0.486 e. The zero-order valence-corrected chi connectivity index (χ0v) is 18.3. The van der Waals surface area contributed by atoms with Crippen LogP contribution >= 0.6 is 0 Å². The summed E-state index contributed by atoms with van der Waals surface area (Å²) in [6.45, 7) is 1.41. The minimum atomic E-state index is -3.52. The summed E-state index contributed by atoms with van der Waals surface area (Å²) in [5.74, 6) is 0.460. The van der Waals surface area contributed by atoms with Gasteiger partial charge in [-0.3, -0.25) is 9.78 Å². The SMILES string of the molecule is CO[C@@H]1CN(C=O)C[C@H]1Oc1cccc(CS(=O)(=O)N2CCC[C@@H]2c2ccccn2)c1. The average Bonchev–Trinajstić information content (AvgIpc) is 3.42. The predicted octanol–water partition coefficient (Wildman–Crippen LogP) is 1.98. The number of ether oxygens (including phenoxy) is 2. The number of likely N-dealkylation sites (tertiary alicyclic amines) is 1. The maximum absolute atomic E-state index is 13.2. The number of hydrogen-bond donors (Lipinski definition) is 0. The number of benzene rings is 1. The first kappa shape index (κ1) is 21.7. The molecule has 0 aliphatic carbocycles. The monoisotopic (exact) mass is 445 g/mol. The van der Waals surface area contributed by atoms with E-state index in [-0.39, 0.29) is 24.0 Å². The highest BCUT2D eigenvalue weighted by atomic mass is 32.2. The maximum Gasteiger partial charge on any atom is 0.218 e. The van der Waals surface area contributed by atoms with Crippen molar-refractivity contribution < 1.29 is 22.7 Å². The second-order valence-corrected chi connectivity index (χ2v) is 9.84. The molecule has 1 amide bonds. The molecule has 2 saturated heterocycles. The molecule has 8 nitrogen and oxygen atoms in total. The van der Waals surface area contributed by atoms with Crippen LogP contribution in [0.3, 0.4) is 0 Å². The fraction of sp³-hybridized carbons (Fsp3) is 0.455. The van der Waals surface area contributed by atoms with Crippen LogP contribution in [0.2, 0.25) is 0 Å². The van der Waals surface area contributed by atoms with Gasteiger partial charge < -0.3 is 14.4 Å². The van der Waals surface area contributed by atoms with Gasteiger partial charge >= 0.3 is 0 Å². The van der Waals surface area contributed by atoms with Crippen LogP contribution in [0.1, 0.15) is 30.1 Å². The van der Waals surface area contributed by atoms with Crippen LogP contribution in [0.5, 0.6) is 5.75 Å². The van der Waals surface area contributed by atoms with E-state index >= 15 is 0 Å². The first-order valence-corrected chi connectivity index (χ1v) is 12.0. The molecule has 1 aromatic carbocycles. The topological polar surface area (TPSA) is 89.0 Å². The summed E-state index contributed by atoms with van der Waals surface area (Å²) in [4.78, 5) is 17.0. The van der Waals surface area contributed by atoms with Crippen LogP contribution in [0.25, 0.3) is 0 Å². The van der Waals surface area contributed by atoms with Gasteiger partial charge in [-0.1, -0.05) is 18.2 Å². The highest BCUT2D eigenvalue weighted by Crippen LogP contribution is 2.34. The maximum atomic E-state index is 13.2. The molecule has 0 unspecified atom stereocenters. The minimum Gasteiger partial charge on any atom is -0.486 e. The molecule has 31 heavy (non-hydrogen) atoms. The van der Waals surface area contributed by atoms with E-state index in [1.165, 1.54) is 0 Å². The Morgan fingerprint density at radius 3 is 2.74 bits per heavy atom. The van der Waals surface area contributed by atoms with Gasteiger partial charge in [-0.15, -0.1) is 0 Å². The van der Waals surface area contributed by atoms with Gasteiger partial charge in [0.2, 0.25) is 16.4 Å². The van der Waals surface area contributed by atoms with Crippen molar-refractivity contribution in [2.24, 2.45) is 0 Å². The third-order valence-corrected chi connectivity index (χ3v) is 7.67. The van der Waals surface area contributed by atoms with Gasteiger partial charge in [-0.2, -0.15) is 4.31 Å². The molecule has 166 valence electrons. The summed E-state index contributed by atoms with van der Waals surface area (Å²) in [7, 11) is -1.93. The van der Waals surface area contributed by atoms with Crippen molar-refractivity contribution in [3.05, 3.63) is 59.9 Å². The van der Waals surface area contributed by atoms with Gasteiger partial charge in [0.25, 0.3) is 0 Å². The molecular formula is C22H27N3O5S. The van der Waals surface area contributed by atoms with E-state index in [2.05, 4.69) is 4.98 Å². The normalized spacial score (nSPS) is 24.4. The highest BCUT2D eigenvalue weighted by Gasteiger charge is 2.36. The van der Waals surface area contributed by atoms with Crippen molar-refractivity contribution >= 4 is 16.4 Å². The molecule has 1 aromatic heterocycles. The summed E-state index contributed by atoms with van der Waals surface area (Å²) >= 11 is 0. The number of amides is 1. The molecule has 2 aliphatic rings. The van der Waals surface area contributed by atoms with Crippen LogP contribution in [0, 0.1) is 0 Å². The Kier molecular flexibility index (Phi) is 6.54. The number of nitrogens with zero attached hydrogens (tertiary/aromatic N) is 3. The summed E-state index contributed by atoms with van der Waals surface area (Å²) in [6, 6.07) is 12.5. The van der Waals surface area contributed by atoms with Crippen molar-refractivity contribution in [2.45, 2.75) is 36.8 Å². The van der Waals surface area contributed by atoms with Gasteiger partial charge in [-0.25, -0.2) is 8.42 Å². The van der Waals surface area contributed by atoms with Crippen LogP contribution < -0.4 is 4.74 Å². The summed E-state index contributed by atoms with van der Waals surface area (Å²) in [6.07, 6.45) is 3.55. The third-order valence-electron chi connectivity index (χ3n) is 5.82. The van der Waals surface area contributed by atoms with E-state index in [4.69, 9.17) is 9.47 Å². The standard InChI is InChI=1S/C22H27N3O5S/c1-29-21-13-24(16-26)14-22(21)30-18-7-4-6-17(12-18)15-31(27,28)25-11-5-9-20(25)19-8-2-3-10-23-19/h2-4,6-8,10,12,16,20-22H,5,9,11,13-15H2,1H3/t20-,21-,22-/m1/s1. The van der Waals surface area contributed by atoms with Crippen LogP contribution in [-0.2, 0) is 25.3 Å². The second-order valence-electron chi connectivity index (χ2n) is 7.92. The number of aromatic nitrogens is 1. The molecule has 2 aromatic rings. The van der Waals surface area contributed by atoms with E-state index in [0.717, 1.165) is 24.9 Å². The summed E-state index contributed by atoms with van der Waals surface area (Å²) in [5.41, 5.74) is 1.44. The van der Waals surface area contributed by atoms with E-state index in [0.29, 0.717) is 30.9 Å². The van der Waals surface area contributed by atoms with E-state index in [1.54, 1.807) is 46.8 Å². The van der Waals surface area contributed by atoms with Crippen molar-refractivity contribution in [1.29, 1.82) is 0 Å². The van der Waals surface area contributed by atoms with Gasteiger partial charge in [0, 0.05) is 19.9 Å². The highest BCUT2D eigenvalue weighted by molar-refractivity contribution is 7.88. The molecule has 4 rings (SSSR count). The van der Waals surface area contributed by atoms with Crippen molar-refractivity contribution in [2.75, 3.05) is 26.7 Å². The molecule has 3 heterocycles. The lowest BCUT2D eigenvalue weighted by molar-refractivity contribution is -0.117. The van der Waals surface area contributed by atoms with E-state index in [9.17, 15) is 13.2 Å². The van der Waals surface area contributed by atoms with Gasteiger partial charge in [0.15, 0.2) is 0 Å². The van der Waals surface area contributed by atoms with Crippen LogP contribution in [-0.4, -0.2) is 68.0 Å². The Bertz CT molecular complexity index is 1000. The Labute approximate surface area is 182 Å². The summed E-state index contributed by atoms with van der Waals surface area (Å²) < 4.78 is 39.5. The summed E-state index contributed by atoms with van der Waals surface area (Å²) in [5, 5.41) is 0. The Morgan fingerprint density at radius 1 is 1.16 bits per heavy atom. The molecule has 3 atom stereocenters. The molecule has 2 fully saturated rings. The van der Waals surface area contributed by atoms with Crippen molar-refractivity contribution in [1.82, 2.24) is 14.2 Å². The Hall–Kier alpha value is -2.49.